The SMILES string of the molecule is CCCCCC(Nc1nncs1)c1ccccc1. The summed E-state index contributed by atoms with van der Waals surface area (Å²) in [7, 11) is 0. The van der Waals surface area contributed by atoms with Crippen molar-refractivity contribution in [1.29, 1.82) is 0 Å². The van der Waals surface area contributed by atoms with Crippen LogP contribution in [0.2, 0.25) is 0 Å². The molecule has 1 aromatic heterocycles. The quantitative estimate of drug-likeness (QED) is 0.756. The van der Waals surface area contributed by atoms with Gasteiger partial charge in [-0.1, -0.05) is 67.9 Å². The van der Waals surface area contributed by atoms with E-state index in [9.17, 15) is 0 Å². The summed E-state index contributed by atoms with van der Waals surface area (Å²) >= 11 is 1.55. The number of nitrogens with zero attached hydrogens (tertiary/aromatic N) is 2. The lowest BCUT2D eigenvalue weighted by molar-refractivity contribution is 0.605. The van der Waals surface area contributed by atoms with E-state index >= 15 is 0 Å². The van der Waals surface area contributed by atoms with Gasteiger partial charge in [0.05, 0.1) is 6.04 Å². The molecular formula is C14H19N3S. The fourth-order valence-electron chi connectivity index (χ4n) is 1.99. The lowest BCUT2D eigenvalue weighted by Gasteiger charge is -2.18. The van der Waals surface area contributed by atoms with Crippen molar-refractivity contribution in [3.05, 3.63) is 41.4 Å². The van der Waals surface area contributed by atoms with Gasteiger partial charge in [0.1, 0.15) is 5.51 Å². The first-order valence-corrected chi connectivity index (χ1v) is 7.35. The van der Waals surface area contributed by atoms with Crippen LogP contribution in [0, 0.1) is 0 Å². The summed E-state index contributed by atoms with van der Waals surface area (Å²) in [6.45, 7) is 2.23. The van der Waals surface area contributed by atoms with Crippen LogP contribution in [0.1, 0.15) is 44.2 Å². The van der Waals surface area contributed by atoms with E-state index in [4.69, 9.17) is 0 Å². The first kappa shape index (κ1) is 13.0. The molecule has 2 aromatic rings. The maximum atomic E-state index is 4.07. The Morgan fingerprint density at radius 1 is 1.22 bits per heavy atom. The number of hydrogen-bond acceptors (Lipinski definition) is 4. The molecule has 18 heavy (non-hydrogen) atoms. The Balaban J connectivity index is 2.03. The topological polar surface area (TPSA) is 37.8 Å². The molecule has 1 heterocycles. The monoisotopic (exact) mass is 261 g/mol. The molecule has 0 saturated carbocycles. The Labute approximate surface area is 112 Å². The zero-order chi connectivity index (χ0) is 12.6. The third-order valence-corrected chi connectivity index (χ3v) is 3.58. The Hall–Kier alpha value is -1.42. The minimum Gasteiger partial charge on any atom is -0.353 e. The second-order valence-electron chi connectivity index (χ2n) is 4.35. The highest BCUT2D eigenvalue weighted by Crippen LogP contribution is 2.25. The minimum atomic E-state index is 0.339. The Kier molecular flexibility index (Phi) is 5.15. The van der Waals surface area contributed by atoms with Crippen molar-refractivity contribution in [2.24, 2.45) is 0 Å². The van der Waals surface area contributed by atoms with E-state index in [1.807, 2.05) is 0 Å². The molecule has 2 rings (SSSR count). The fraction of sp³-hybridized carbons (Fsp3) is 0.429. The predicted octanol–water partition coefficient (Wildman–Crippen LogP) is 4.27. The summed E-state index contributed by atoms with van der Waals surface area (Å²) in [4.78, 5) is 0. The minimum absolute atomic E-state index is 0.339. The molecular weight excluding hydrogens is 242 g/mol. The summed E-state index contributed by atoms with van der Waals surface area (Å²) < 4.78 is 0. The molecule has 3 nitrogen and oxygen atoms in total. The van der Waals surface area contributed by atoms with Crippen molar-refractivity contribution in [2.45, 2.75) is 38.6 Å². The molecule has 0 bridgehead atoms. The third kappa shape index (κ3) is 3.81. The van der Waals surface area contributed by atoms with Gasteiger partial charge in [0.25, 0.3) is 0 Å². The summed E-state index contributed by atoms with van der Waals surface area (Å²) in [6, 6.07) is 10.9. The summed E-state index contributed by atoms with van der Waals surface area (Å²) in [5.41, 5.74) is 3.08. The second kappa shape index (κ2) is 7.11. The van der Waals surface area contributed by atoms with E-state index < -0.39 is 0 Å². The number of hydrogen-bond donors (Lipinski definition) is 1. The lowest BCUT2D eigenvalue weighted by Crippen LogP contribution is -2.10. The molecule has 0 amide bonds. The Bertz CT molecular complexity index is 428. The molecule has 0 aliphatic rings. The van der Waals surface area contributed by atoms with E-state index in [0.717, 1.165) is 11.6 Å². The summed E-state index contributed by atoms with van der Waals surface area (Å²) in [5, 5.41) is 12.3. The molecule has 1 N–H and O–H groups in total. The van der Waals surface area contributed by atoms with Crippen LogP contribution in [-0.2, 0) is 0 Å². The van der Waals surface area contributed by atoms with Gasteiger partial charge in [0.15, 0.2) is 0 Å². The van der Waals surface area contributed by atoms with Gasteiger partial charge < -0.3 is 5.32 Å². The highest BCUT2D eigenvalue weighted by Gasteiger charge is 2.11. The van der Waals surface area contributed by atoms with Crippen LogP contribution in [0.25, 0.3) is 0 Å². The molecule has 1 atom stereocenters. The molecule has 1 unspecified atom stereocenters. The van der Waals surface area contributed by atoms with Gasteiger partial charge >= 0.3 is 0 Å². The Morgan fingerprint density at radius 3 is 2.72 bits per heavy atom. The van der Waals surface area contributed by atoms with Crippen LogP contribution in [0.3, 0.4) is 0 Å². The molecule has 96 valence electrons. The predicted molar refractivity (Wildman–Crippen MR) is 76.9 cm³/mol. The second-order valence-corrected chi connectivity index (χ2v) is 5.18. The van der Waals surface area contributed by atoms with Crippen LogP contribution in [0.5, 0.6) is 0 Å². The Morgan fingerprint density at radius 2 is 2.06 bits per heavy atom. The van der Waals surface area contributed by atoms with Crippen LogP contribution >= 0.6 is 11.3 Å². The highest BCUT2D eigenvalue weighted by atomic mass is 32.1. The van der Waals surface area contributed by atoms with E-state index in [1.54, 1.807) is 16.8 Å². The van der Waals surface area contributed by atoms with Gasteiger partial charge in [-0.3, -0.25) is 0 Å². The van der Waals surface area contributed by atoms with Crippen molar-refractivity contribution >= 4 is 16.5 Å². The molecule has 1 aromatic carbocycles. The maximum absolute atomic E-state index is 4.07. The van der Waals surface area contributed by atoms with Crippen molar-refractivity contribution in [1.82, 2.24) is 10.2 Å². The van der Waals surface area contributed by atoms with E-state index in [2.05, 4.69) is 52.8 Å². The van der Waals surface area contributed by atoms with Crippen LogP contribution in [0.15, 0.2) is 35.8 Å². The van der Waals surface area contributed by atoms with Crippen molar-refractivity contribution < 1.29 is 0 Å². The van der Waals surface area contributed by atoms with E-state index in [-0.39, 0.29) is 0 Å². The smallest absolute Gasteiger partial charge is 0.205 e. The number of nitrogens with one attached hydrogen (secondary N) is 1. The van der Waals surface area contributed by atoms with Crippen molar-refractivity contribution in [3.8, 4) is 0 Å². The molecule has 0 radical (unpaired) electrons. The number of unbranched alkanes of at least 4 members (excludes halogenated alkanes) is 2. The van der Waals surface area contributed by atoms with Crippen LogP contribution < -0.4 is 5.32 Å². The van der Waals surface area contributed by atoms with Gasteiger partial charge in [-0.15, -0.1) is 10.2 Å². The van der Waals surface area contributed by atoms with Crippen LogP contribution in [0.4, 0.5) is 5.13 Å². The normalized spacial score (nSPS) is 12.3. The number of rotatable bonds is 7. The molecule has 0 fully saturated rings. The number of benzene rings is 1. The molecule has 0 aliphatic heterocycles. The molecule has 0 saturated heterocycles. The summed E-state index contributed by atoms with van der Waals surface area (Å²) in [5.74, 6) is 0. The van der Waals surface area contributed by atoms with E-state index in [1.165, 1.54) is 24.8 Å². The van der Waals surface area contributed by atoms with Gasteiger partial charge in [-0.25, -0.2) is 0 Å². The van der Waals surface area contributed by atoms with Gasteiger partial charge in [0.2, 0.25) is 5.13 Å². The molecule has 0 aliphatic carbocycles. The maximum Gasteiger partial charge on any atom is 0.205 e. The van der Waals surface area contributed by atoms with E-state index in [0.29, 0.717) is 6.04 Å². The first-order chi connectivity index (χ1) is 8.90. The lowest BCUT2D eigenvalue weighted by atomic mass is 10.0. The van der Waals surface area contributed by atoms with Crippen molar-refractivity contribution in [3.63, 3.8) is 0 Å². The molecule has 0 spiro atoms. The zero-order valence-corrected chi connectivity index (χ0v) is 11.5. The number of aromatic nitrogens is 2. The zero-order valence-electron chi connectivity index (χ0n) is 10.7. The van der Waals surface area contributed by atoms with Gasteiger partial charge in [-0.2, -0.15) is 0 Å². The molecule has 4 heteroatoms. The van der Waals surface area contributed by atoms with Crippen LogP contribution in [-0.4, -0.2) is 10.2 Å². The third-order valence-electron chi connectivity index (χ3n) is 2.96. The first-order valence-electron chi connectivity index (χ1n) is 6.48. The largest absolute Gasteiger partial charge is 0.353 e. The number of anilines is 1. The standard InChI is InChI=1S/C14H19N3S/c1-2-3-5-10-13(12-8-6-4-7-9-12)16-14-17-15-11-18-14/h4,6-9,11,13H,2-3,5,10H2,1H3,(H,16,17). The highest BCUT2D eigenvalue weighted by molar-refractivity contribution is 7.13. The average Bonchev–Trinajstić information content (AvgIpc) is 2.92. The van der Waals surface area contributed by atoms with Gasteiger partial charge in [0, 0.05) is 0 Å². The summed E-state index contributed by atoms with van der Waals surface area (Å²) in [6.07, 6.45) is 4.90. The van der Waals surface area contributed by atoms with Gasteiger partial charge in [-0.05, 0) is 12.0 Å². The fourth-order valence-corrected chi connectivity index (χ4v) is 2.49. The average molecular weight is 261 g/mol. The van der Waals surface area contributed by atoms with Crippen molar-refractivity contribution in [2.75, 3.05) is 5.32 Å².